The first-order valence-electron chi connectivity index (χ1n) is 36.7. The molecule has 0 aliphatic carbocycles. The van der Waals surface area contributed by atoms with Crippen molar-refractivity contribution in [1.82, 2.24) is 5.32 Å². The summed E-state index contributed by atoms with van der Waals surface area (Å²) in [6.45, 7) is 1.62. The lowest BCUT2D eigenvalue weighted by Gasteiger charge is -2.48. The lowest BCUT2D eigenvalue weighted by Crippen LogP contribution is -2.66. The molecule has 0 radical (unpaired) electrons. The molecule has 19 nitrogen and oxygen atoms in total. The smallest absolute Gasteiger partial charge is 0.220 e. The summed E-state index contributed by atoms with van der Waals surface area (Å²) < 4.78 is 34.4. The van der Waals surface area contributed by atoms with Gasteiger partial charge in [0.1, 0.15) is 73.2 Å². The first kappa shape index (κ1) is 84.5. The van der Waals surface area contributed by atoms with Crippen LogP contribution in [0.4, 0.5) is 0 Å². The van der Waals surface area contributed by atoms with Crippen molar-refractivity contribution in [3.63, 3.8) is 0 Å². The third kappa shape index (κ3) is 36.6. The van der Waals surface area contributed by atoms with Gasteiger partial charge in [-0.3, -0.25) is 4.79 Å². The average molecular weight is 1320 g/mol. The quantitative estimate of drug-likeness (QED) is 0.0199. The molecule has 3 fully saturated rings. The van der Waals surface area contributed by atoms with E-state index in [0.29, 0.717) is 12.8 Å². The van der Waals surface area contributed by atoms with Crippen LogP contribution >= 0.6 is 0 Å². The Morgan fingerprint density at radius 3 is 1.20 bits per heavy atom. The topological polar surface area (TPSA) is 307 Å². The maximum absolute atomic E-state index is 13.4. The Bertz CT molecular complexity index is 1970. The van der Waals surface area contributed by atoms with Crippen LogP contribution in [0.5, 0.6) is 0 Å². The molecule has 93 heavy (non-hydrogen) atoms. The van der Waals surface area contributed by atoms with Crippen molar-refractivity contribution in [1.29, 1.82) is 0 Å². The predicted molar refractivity (Wildman–Crippen MR) is 365 cm³/mol. The number of nitrogens with one attached hydrogen (secondary N) is 1. The number of carbonyl (C=O) groups is 1. The van der Waals surface area contributed by atoms with Gasteiger partial charge >= 0.3 is 0 Å². The highest BCUT2D eigenvalue weighted by Crippen LogP contribution is 2.33. The first-order valence-corrected chi connectivity index (χ1v) is 36.7. The number of aliphatic hydroxyl groups excluding tert-OH is 11. The molecule has 0 aromatic rings. The average Bonchev–Trinajstić information content (AvgIpc) is 0.902. The van der Waals surface area contributed by atoms with Crippen molar-refractivity contribution in [3.8, 4) is 0 Å². The molecule has 3 saturated heterocycles. The summed E-state index contributed by atoms with van der Waals surface area (Å²) in [6.07, 6.45) is 43.0. The summed E-state index contributed by atoms with van der Waals surface area (Å²) in [5.41, 5.74) is 0. The number of rotatable bonds is 56. The summed E-state index contributed by atoms with van der Waals surface area (Å²) in [6, 6.07) is -0.994. The van der Waals surface area contributed by atoms with Crippen molar-refractivity contribution in [2.24, 2.45) is 0 Å². The Morgan fingerprint density at radius 2 is 0.753 bits per heavy atom. The van der Waals surface area contributed by atoms with Gasteiger partial charge in [-0.15, -0.1) is 0 Å². The number of aliphatic hydroxyl groups is 11. The van der Waals surface area contributed by atoms with Crippen molar-refractivity contribution in [2.45, 2.75) is 362 Å². The normalized spacial score (nSPS) is 27.9. The summed E-state index contributed by atoms with van der Waals surface area (Å²) in [5.74, 6) is -0.286. The molecule has 540 valence electrons. The van der Waals surface area contributed by atoms with E-state index < -0.39 is 124 Å². The molecule has 17 unspecified atom stereocenters. The Labute approximate surface area is 559 Å². The molecule has 19 heteroatoms. The molecule has 1 amide bonds. The molecule has 3 heterocycles. The van der Waals surface area contributed by atoms with Crippen molar-refractivity contribution in [2.75, 3.05) is 26.4 Å². The van der Waals surface area contributed by atoms with Gasteiger partial charge < -0.3 is 89.9 Å². The zero-order chi connectivity index (χ0) is 67.5. The molecule has 3 aliphatic heterocycles. The SMILES string of the molecule is CC/C=C\C/C=C\C/C=C\C/C=C\CCCCCCCCCCCCCCCCC(=O)NC(COC1OC(CO)C(OC2OC(CO)C(OC3OC(CO)C(O)C(O)C3O)C(O)C2O)C(O)C1O)C(O)/C=C/CC/C=C/CCCCCCCCCCCCCCCCC. The summed E-state index contributed by atoms with van der Waals surface area (Å²) in [4.78, 5) is 13.4. The van der Waals surface area contributed by atoms with Crippen LogP contribution in [0, 0.1) is 0 Å². The fourth-order valence-electron chi connectivity index (χ4n) is 12.1. The maximum Gasteiger partial charge on any atom is 0.220 e. The van der Waals surface area contributed by atoms with E-state index in [-0.39, 0.29) is 18.9 Å². The molecule has 0 bridgehead atoms. The van der Waals surface area contributed by atoms with Crippen LogP contribution in [0.1, 0.15) is 258 Å². The van der Waals surface area contributed by atoms with Crippen LogP contribution in [0.15, 0.2) is 72.9 Å². The van der Waals surface area contributed by atoms with Gasteiger partial charge in [-0.2, -0.15) is 0 Å². The highest BCUT2D eigenvalue weighted by Gasteiger charge is 2.53. The largest absolute Gasteiger partial charge is 0.394 e. The number of amides is 1. The second kappa shape index (κ2) is 55.1. The molecule has 3 rings (SSSR count). The summed E-state index contributed by atoms with van der Waals surface area (Å²) >= 11 is 0. The molecule has 0 aromatic carbocycles. The van der Waals surface area contributed by atoms with Gasteiger partial charge in [-0.25, -0.2) is 0 Å². The van der Waals surface area contributed by atoms with E-state index in [1.54, 1.807) is 6.08 Å². The minimum absolute atomic E-state index is 0.232. The zero-order valence-corrected chi connectivity index (χ0v) is 57.2. The second-order valence-electron chi connectivity index (χ2n) is 26.0. The van der Waals surface area contributed by atoms with E-state index in [4.69, 9.17) is 28.4 Å². The van der Waals surface area contributed by atoms with Gasteiger partial charge in [0.05, 0.1) is 38.6 Å². The third-order valence-electron chi connectivity index (χ3n) is 18.0. The number of hydrogen-bond acceptors (Lipinski definition) is 18. The Balaban J connectivity index is 1.42. The molecule has 0 saturated carbocycles. The van der Waals surface area contributed by atoms with Crippen molar-refractivity contribution in [3.05, 3.63) is 72.9 Å². The van der Waals surface area contributed by atoms with Crippen LogP contribution in [0.25, 0.3) is 0 Å². The number of hydrogen-bond donors (Lipinski definition) is 12. The molecular formula is C74H131NO18. The maximum atomic E-state index is 13.4. The van der Waals surface area contributed by atoms with E-state index in [9.17, 15) is 61.0 Å². The summed E-state index contributed by atoms with van der Waals surface area (Å²) in [7, 11) is 0. The van der Waals surface area contributed by atoms with E-state index in [1.165, 1.54) is 154 Å². The Hall–Kier alpha value is -2.77. The number of ether oxygens (including phenoxy) is 6. The Morgan fingerprint density at radius 1 is 0.398 bits per heavy atom. The van der Waals surface area contributed by atoms with Gasteiger partial charge in [0.2, 0.25) is 5.91 Å². The highest BCUT2D eigenvalue weighted by atomic mass is 16.8. The fourth-order valence-corrected chi connectivity index (χ4v) is 12.1. The molecule has 0 aromatic heterocycles. The monoisotopic (exact) mass is 1320 g/mol. The number of unbranched alkanes of at least 4 members (excludes halogenated alkanes) is 30. The molecular weight excluding hydrogens is 1190 g/mol. The van der Waals surface area contributed by atoms with Crippen LogP contribution in [-0.2, 0) is 33.2 Å². The molecule has 3 aliphatic rings. The minimum atomic E-state index is -1.98. The highest BCUT2D eigenvalue weighted by molar-refractivity contribution is 5.76. The van der Waals surface area contributed by atoms with E-state index in [1.807, 2.05) is 6.08 Å². The lowest BCUT2D eigenvalue weighted by atomic mass is 9.96. The van der Waals surface area contributed by atoms with E-state index in [2.05, 4.69) is 79.9 Å². The molecule has 0 spiro atoms. The molecule has 17 atom stereocenters. The Kier molecular flexibility index (Phi) is 50.1. The van der Waals surface area contributed by atoms with Crippen molar-refractivity contribution >= 4 is 5.91 Å². The van der Waals surface area contributed by atoms with Gasteiger partial charge in [-0.1, -0.05) is 254 Å². The predicted octanol–water partition coefficient (Wildman–Crippen LogP) is 10.5. The van der Waals surface area contributed by atoms with Crippen LogP contribution < -0.4 is 5.32 Å². The minimum Gasteiger partial charge on any atom is -0.394 e. The first-order chi connectivity index (χ1) is 45.3. The fraction of sp³-hybridized carbons (Fsp3) is 0.824. The van der Waals surface area contributed by atoms with E-state index in [0.717, 1.165) is 70.6 Å². The third-order valence-corrected chi connectivity index (χ3v) is 18.0. The van der Waals surface area contributed by atoms with Crippen molar-refractivity contribution < 1.29 is 89.4 Å². The summed E-state index contributed by atoms with van der Waals surface area (Å²) in [5, 5.41) is 121. The van der Waals surface area contributed by atoms with Crippen LogP contribution in [0.3, 0.4) is 0 Å². The zero-order valence-electron chi connectivity index (χ0n) is 57.2. The van der Waals surface area contributed by atoms with Crippen LogP contribution in [-0.4, -0.2) is 193 Å². The van der Waals surface area contributed by atoms with Gasteiger partial charge in [0, 0.05) is 6.42 Å². The van der Waals surface area contributed by atoms with E-state index >= 15 is 0 Å². The second-order valence-corrected chi connectivity index (χ2v) is 26.0. The van der Waals surface area contributed by atoms with Gasteiger partial charge in [-0.05, 0) is 70.6 Å². The van der Waals surface area contributed by atoms with Crippen LogP contribution in [0.2, 0.25) is 0 Å². The number of allylic oxidation sites excluding steroid dienone is 11. The number of carbonyl (C=O) groups excluding carboxylic acids is 1. The van der Waals surface area contributed by atoms with Gasteiger partial charge in [0.15, 0.2) is 18.9 Å². The lowest BCUT2D eigenvalue weighted by molar-refractivity contribution is -0.379. The van der Waals surface area contributed by atoms with Gasteiger partial charge in [0.25, 0.3) is 0 Å². The standard InChI is InChI=1S/C74H131NO18/c1-3-5-7-9-11-13-15-17-19-21-23-25-26-27-28-29-30-32-34-36-38-40-42-44-46-48-50-52-62(80)75-57(58(79)51-49-47-45-43-41-39-37-35-33-31-24-22-20-18-16-14-12-10-8-6-4-2)56-88-72-68(86)65(83)70(60(54-77)90-72)93-74-69(87)66(84)71(61(55-78)91-74)92-73-67(85)64(82)63(81)59(53-76)89-73/h5,7,11,13,17,19,23,25,41,43,49,51,57-61,63-74,76-79,81-87H,3-4,6,8-10,12,14-16,18,20-22,24,26-40,42,44-48,50,52-56H2,1-2H3,(H,75,80)/b7-5-,13-11-,19-17-,25-23-,43-41+,51-49+. The molecule has 12 N–H and O–H groups in total.